The van der Waals surface area contributed by atoms with Gasteiger partial charge in [-0.2, -0.15) is 0 Å². The summed E-state index contributed by atoms with van der Waals surface area (Å²) in [5, 5.41) is 0. The van der Waals surface area contributed by atoms with Gasteiger partial charge in [-0.25, -0.2) is 0 Å². The molecular weight excluding hydrogens is 324 g/mol. The molecule has 0 saturated heterocycles. The van der Waals surface area contributed by atoms with E-state index in [0.717, 1.165) is 0 Å². The van der Waals surface area contributed by atoms with E-state index in [-0.39, 0.29) is 0 Å². The van der Waals surface area contributed by atoms with Gasteiger partial charge in [-0.15, -0.1) is 0 Å². The second-order valence-electron chi connectivity index (χ2n) is 8.04. The van der Waals surface area contributed by atoms with Gasteiger partial charge in [0, 0.05) is 0 Å². The maximum Gasteiger partial charge on any atom is -0.0225 e. The van der Waals surface area contributed by atoms with E-state index in [1.165, 1.54) is 94.6 Å². The molecule has 1 rings (SSSR count). The highest BCUT2D eigenvalue weighted by Crippen LogP contribution is 2.27. The van der Waals surface area contributed by atoms with Crippen LogP contribution < -0.4 is 0 Å². The Balaban J connectivity index is 2.98. The maximum absolute atomic E-state index is 2.59. The van der Waals surface area contributed by atoms with Crippen molar-refractivity contribution in [3.8, 4) is 0 Å². The monoisotopic (exact) mass is 368 g/mol. The summed E-state index contributed by atoms with van der Waals surface area (Å²) >= 11 is 0. The Morgan fingerprint density at radius 3 is 1.81 bits per heavy atom. The fourth-order valence-electron chi connectivity index (χ4n) is 3.68. The van der Waals surface area contributed by atoms with E-state index >= 15 is 0 Å². The van der Waals surface area contributed by atoms with Gasteiger partial charge in [0.05, 0.1) is 0 Å². The molecular formula is C27H44. The lowest BCUT2D eigenvalue weighted by molar-refractivity contribution is 0.643. The summed E-state index contributed by atoms with van der Waals surface area (Å²) in [6, 6.07) is 11.0. The summed E-state index contributed by atoms with van der Waals surface area (Å²) in [4.78, 5) is 0. The number of hydrogen-bond acceptors (Lipinski definition) is 0. The average Bonchev–Trinajstić information content (AvgIpc) is 2.71. The van der Waals surface area contributed by atoms with Crippen molar-refractivity contribution in [2.75, 3.05) is 0 Å². The van der Waals surface area contributed by atoms with Gasteiger partial charge in [-0.1, -0.05) is 108 Å². The van der Waals surface area contributed by atoms with Crippen molar-refractivity contribution in [2.45, 2.75) is 111 Å². The van der Waals surface area contributed by atoms with Crippen LogP contribution in [0.1, 0.15) is 117 Å². The third kappa shape index (κ3) is 10.6. The normalized spacial score (nSPS) is 13.0. The molecule has 0 aliphatic heterocycles. The van der Waals surface area contributed by atoms with E-state index in [1.54, 1.807) is 11.1 Å². The van der Waals surface area contributed by atoms with Crippen LogP contribution in [0.3, 0.4) is 0 Å². The van der Waals surface area contributed by atoms with Crippen molar-refractivity contribution in [3.63, 3.8) is 0 Å². The fraction of sp³-hybridized carbons (Fsp3) is 0.630. The molecule has 0 heteroatoms. The third-order valence-corrected chi connectivity index (χ3v) is 5.57. The van der Waals surface area contributed by atoms with Crippen LogP contribution in [0.5, 0.6) is 0 Å². The van der Waals surface area contributed by atoms with Crippen LogP contribution in [-0.4, -0.2) is 0 Å². The average molecular weight is 369 g/mol. The lowest BCUT2D eigenvalue weighted by Crippen LogP contribution is -1.93. The first-order chi connectivity index (χ1) is 13.2. The molecule has 0 fully saturated rings. The van der Waals surface area contributed by atoms with E-state index in [0.29, 0.717) is 0 Å². The second-order valence-corrected chi connectivity index (χ2v) is 8.04. The molecule has 0 spiro atoms. The van der Waals surface area contributed by atoms with E-state index < -0.39 is 0 Å². The third-order valence-electron chi connectivity index (χ3n) is 5.57. The number of unbranched alkanes of at least 4 members (excludes halogenated alkanes) is 7. The summed E-state index contributed by atoms with van der Waals surface area (Å²) < 4.78 is 0. The molecule has 1 aromatic rings. The first-order valence-electron chi connectivity index (χ1n) is 11.7. The van der Waals surface area contributed by atoms with Crippen LogP contribution in [0, 0.1) is 0 Å². The highest BCUT2D eigenvalue weighted by Gasteiger charge is 2.06. The van der Waals surface area contributed by atoms with Crippen molar-refractivity contribution in [2.24, 2.45) is 0 Å². The Morgan fingerprint density at radius 2 is 1.22 bits per heavy atom. The first-order valence-corrected chi connectivity index (χ1v) is 11.7. The highest BCUT2D eigenvalue weighted by molar-refractivity contribution is 5.69. The van der Waals surface area contributed by atoms with Crippen LogP contribution in [0.15, 0.2) is 47.6 Å². The molecule has 0 N–H and O–H groups in total. The topological polar surface area (TPSA) is 0 Å². The smallest absolute Gasteiger partial charge is 0.0225 e. The van der Waals surface area contributed by atoms with Gasteiger partial charge in [-0.3, -0.25) is 0 Å². The second kappa shape index (κ2) is 15.7. The van der Waals surface area contributed by atoms with Gasteiger partial charge >= 0.3 is 0 Å². The highest BCUT2D eigenvalue weighted by atomic mass is 14.1. The predicted molar refractivity (Wildman–Crippen MR) is 124 cm³/mol. The molecule has 0 bridgehead atoms. The van der Waals surface area contributed by atoms with Gasteiger partial charge in [-0.05, 0) is 62.2 Å². The quantitative estimate of drug-likeness (QED) is 0.213. The van der Waals surface area contributed by atoms with Crippen LogP contribution in [0.4, 0.5) is 0 Å². The molecule has 0 aliphatic rings. The predicted octanol–water partition coefficient (Wildman–Crippen LogP) is 9.52. The number of benzene rings is 1. The van der Waals surface area contributed by atoms with Gasteiger partial charge in [0.1, 0.15) is 0 Å². The Labute approximate surface area is 170 Å². The van der Waals surface area contributed by atoms with Crippen LogP contribution >= 0.6 is 0 Å². The minimum absolute atomic E-state index is 1.23. The minimum atomic E-state index is 1.23. The van der Waals surface area contributed by atoms with Gasteiger partial charge < -0.3 is 0 Å². The van der Waals surface area contributed by atoms with Crippen LogP contribution in [0.2, 0.25) is 0 Å². The Bertz CT molecular complexity index is 532. The largest absolute Gasteiger partial charge is 0.0699 e. The SMILES string of the molecule is CCCCCC/C(=C/C(CCCCCC)=C(\C)c1ccccc1)CCCC. The summed E-state index contributed by atoms with van der Waals surface area (Å²) in [5.74, 6) is 0. The molecule has 27 heavy (non-hydrogen) atoms. The standard InChI is InChI=1S/C27H44/c1-5-8-11-14-19-25(18-10-7-3)23-27(22-15-12-9-6-2)24(4)26-20-16-13-17-21-26/h13,16-17,20-21,23H,5-12,14-15,18-19,22H2,1-4H3/b25-23+,27-24+. The summed E-state index contributed by atoms with van der Waals surface area (Å²) in [6.07, 6.45) is 19.8. The van der Waals surface area contributed by atoms with Crippen molar-refractivity contribution in [3.05, 3.63) is 53.1 Å². The van der Waals surface area contributed by atoms with Crippen LogP contribution in [0.25, 0.3) is 5.57 Å². The molecule has 152 valence electrons. The van der Waals surface area contributed by atoms with E-state index in [1.807, 2.05) is 0 Å². The molecule has 0 heterocycles. The van der Waals surface area contributed by atoms with Gasteiger partial charge in [0.25, 0.3) is 0 Å². The van der Waals surface area contributed by atoms with Crippen molar-refractivity contribution < 1.29 is 0 Å². The zero-order valence-corrected chi connectivity index (χ0v) is 18.7. The minimum Gasteiger partial charge on any atom is -0.0699 e. The molecule has 0 aromatic heterocycles. The molecule has 0 nitrogen and oxygen atoms in total. The molecule has 0 unspecified atom stereocenters. The molecule has 0 atom stereocenters. The van der Waals surface area contributed by atoms with Gasteiger partial charge in [0.15, 0.2) is 0 Å². The number of hydrogen-bond donors (Lipinski definition) is 0. The lowest BCUT2D eigenvalue weighted by Gasteiger charge is -2.14. The molecule has 0 amide bonds. The Hall–Kier alpha value is -1.30. The van der Waals surface area contributed by atoms with Crippen molar-refractivity contribution in [1.82, 2.24) is 0 Å². The molecule has 1 aromatic carbocycles. The van der Waals surface area contributed by atoms with E-state index in [9.17, 15) is 0 Å². The van der Waals surface area contributed by atoms with Crippen molar-refractivity contribution >= 4 is 5.57 Å². The number of allylic oxidation sites excluding steroid dienone is 4. The molecule has 0 saturated carbocycles. The van der Waals surface area contributed by atoms with E-state index in [2.05, 4.69) is 64.1 Å². The Kier molecular flexibility index (Phi) is 13.8. The molecule has 0 aliphatic carbocycles. The number of rotatable bonds is 15. The summed E-state index contributed by atoms with van der Waals surface area (Å²) in [5.41, 5.74) is 6.14. The van der Waals surface area contributed by atoms with Gasteiger partial charge in [0.2, 0.25) is 0 Å². The lowest BCUT2D eigenvalue weighted by atomic mass is 9.92. The first kappa shape index (κ1) is 23.7. The zero-order chi connectivity index (χ0) is 19.7. The molecule has 0 radical (unpaired) electrons. The fourth-order valence-corrected chi connectivity index (χ4v) is 3.68. The van der Waals surface area contributed by atoms with Crippen LogP contribution in [-0.2, 0) is 0 Å². The summed E-state index contributed by atoms with van der Waals surface area (Å²) in [6.45, 7) is 9.24. The Morgan fingerprint density at radius 1 is 0.667 bits per heavy atom. The maximum atomic E-state index is 2.59. The zero-order valence-electron chi connectivity index (χ0n) is 18.7. The summed E-state index contributed by atoms with van der Waals surface area (Å²) in [7, 11) is 0. The van der Waals surface area contributed by atoms with E-state index in [4.69, 9.17) is 0 Å². The van der Waals surface area contributed by atoms with Crippen molar-refractivity contribution in [1.29, 1.82) is 0 Å².